The summed E-state index contributed by atoms with van der Waals surface area (Å²) in [5.41, 5.74) is -0.185. The zero-order chi connectivity index (χ0) is 12.5. The Hall–Kier alpha value is -1.04. The van der Waals surface area contributed by atoms with Gasteiger partial charge in [-0.25, -0.2) is 0 Å². The molecule has 86 valence electrons. The third-order valence-corrected chi connectivity index (χ3v) is 2.89. The molecule has 8 heteroatoms. The monoisotopic (exact) mass is 282 g/mol. The average Bonchev–Trinajstić information content (AvgIpc) is 2.20. The molecule has 0 N–H and O–H groups in total. The van der Waals surface area contributed by atoms with Gasteiger partial charge in [0, 0.05) is 13.1 Å². The normalized spacial score (nSPS) is 10.0. The van der Waals surface area contributed by atoms with Crippen LogP contribution >= 0.6 is 34.8 Å². The number of hydrogen-bond acceptors (Lipinski definition) is 3. The highest BCUT2D eigenvalue weighted by Gasteiger charge is 2.20. The van der Waals surface area contributed by atoms with Gasteiger partial charge >= 0.3 is 5.37 Å². The van der Waals surface area contributed by atoms with Crippen molar-refractivity contribution in [3.8, 4) is 0 Å². The van der Waals surface area contributed by atoms with Gasteiger partial charge in [0.15, 0.2) is 0 Å². The van der Waals surface area contributed by atoms with Gasteiger partial charge in [-0.2, -0.15) is 0 Å². The van der Waals surface area contributed by atoms with Crippen molar-refractivity contribution in [1.82, 2.24) is 0 Å². The first kappa shape index (κ1) is 13.0. The van der Waals surface area contributed by atoms with Gasteiger partial charge in [-0.3, -0.25) is 14.9 Å². The minimum atomic E-state index is -0.785. The lowest BCUT2D eigenvalue weighted by molar-refractivity contribution is -0.384. The molecule has 16 heavy (non-hydrogen) atoms. The maximum absolute atomic E-state index is 10.9. The van der Waals surface area contributed by atoms with Gasteiger partial charge in [-0.05, 0) is 17.7 Å². The lowest BCUT2D eigenvalue weighted by atomic mass is 10.2. The largest absolute Gasteiger partial charge is 0.320 e. The highest BCUT2D eigenvalue weighted by atomic mass is 35.5. The van der Waals surface area contributed by atoms with Crippen molar-refractivity contribution in [3.05, 3.63) is 32.3 Å². The number of hydrogen-bond donors (Lipinski definition) is 0. The highest BCUT2D eigenvalue weighted by molar-refractivity contribution is 6.66. The van der Waals surface area contributed by atoms with Crippen LogP contribution in [0.3, 0.4) is 0 Å². The molecule has 5 nitrogen and oxygen atoms in total. The Labute approximate surface area is 106 Å². The Morgan fingerprint density at radius 2 is 2.00 bits per heavy atom. The summed E-state index contributed by atoms with van der Waals surface area (Å²) in [6.45, 7) is 0. The van der Waals surface area contributed by atoms with Crippen LogP contribution in [0.4, 0.5) is 16.2 Å². The fraction of sp³-hybridized carbons (Fsp3) is 0.125. The van der Waals surface area contributed by atoms with Crippen molar-refractivity contribution in [2.45, 2.75) is 0 Å². The topological polar surface area (TPSA) is 63.5 Å². The number of carbonyl (C=O) groups is 1. The number of benzene rings is 1. The second kappa shape index (κ2) is 4.86. The Morgan fingerprint density at radius 1 is 1.44 bits per heavy atom. The van der Waals surface area contributed by atoms with Gasteiger partial charge in [0.2, 0.25) is 0 Å². The van der Waals surface area contributed by atoms with Crippen molar-refractivity contribution < 1.29 is 9.72 Å². The van der Waals surface area contributed by atoms with Crippen molar-refractivity contribution in [3.63, 3.8) is 0 Å². The van der Waals surface area contributed by atoms with E-state index in [-0.39, 0.29) is 21.4 Å². The number of anilines is 1. The molecule has 0 spiro atoms. The first-order chi connectivity index (χ1) is 7.34. The summed E-state index contributed by atoms with van der Waals surface area (Å²) >= 11 is 16.6. The van der Waals surface area contributed by atoms with E-state index in [0.717, 1.165) is 11.0 Å². The van der Waals surface area contributed by atoms with Crippen molar-refractivity contribution >= 4 is 51.5 Å². The second-order valence-corrected chi connectivity index (χ2v) is 3.94. The quantitative estimate of drug-likeness (QED) is 0.360. The Bertz CT molecular complexity index is 464. The molecule has 0 saturated carbocycles. The smallest absolute Gasteiger partial charge is 0.302 e. The van der Waals surface area contributed by atoms with E-state index in [0.29, 0.717) is 0 Å². The molecule has 0 atom stereocenters. The molecule has 0 aliphatic carbocycles. The highest BCUT2D eigenvalue weighted by Crippen LogP contribution is 2.36. The van der Waals surface area contributed by atoms with Crippen LogP contribution in [0, 0.1) is 10.1 Å². The molecular weight excluding hydrogens is 278 g/mol. The van der Waals surface area contributed by atoms with E-state index in [9.17, 15) is 14.9 Å². The van der Waals surface area contributed by atoms with E-state index < -0.39 is 10.3 Å². The Balaban J connectivity index is 3.34. The molecule has 1 aromatic carbocycles. The van der Waals surface area contributed by atoms with Crippen LogP contribution in [0.1, 0.15) is 0 Å². The van der Waals surface area contributed by atoms with Gasteiger partial charge < -0.3 is 4.90 Å². The van der Waals surface area contributed by atoms with E-state index >= 15 is 0 Å². The van der Waals surface area contributed by atoms with Crippen LogP contribution in [0.2, 0.25) is 10.0 Å². The molecule has 1 aromatic rings. The van der Waals surface area contributed by atoms with E-state index in [1.54, 1.807) is 0 Å². The molecule has 0 heterocycles. The fourth-order valence-corrected chi connectivity index (χ4v) is 1.47. The summed E-state index contributed by atoms with van der Waals surface area (Å²) in [7, 11) is 1.36. The standard InChI is InChI=1S/C8H5Cl3N2O3/c1-12(8(11)14)4-2-5(9)7(10)6(3-4)13(15)16/h2-3H,1H3. The third kappa shape index (κ3) is 2.55. The summed E-state index contributed by atoms with van der Waals surface area (Å²) in [6.07, 6.45) is 0. The second-order valence-electron chi connectivity index (χ2n) is 2.83. The van der Waals surface area contributed by atoms with Gasteiger partial charge in [0.05, 0.1) is 15.6 Å². The van der Waals surface area contributed by atoms with Gasteiger partial charge in [-0.1, -0.05) is 23.2 Å². The Morgan fingerprint density at radius 3 is 2.44 bits per heavy atom. The van der Waals surface area contributed by atoms with Crippen LogP contribution in [-0.2, 0) is 0 Å². The molecule has 0 unspecified atom stereocenters. The summed E-state index contributed by atoms with van der Waals surface area (Å²) in [6, 6.07) is 2.44. The molecule has 0 aliphatic rings. The number of nitro groups is 1. The molecule has 0 aliphatic heterocycles. The predicted molar refractivity (Wildman–Crippen MR) is 62.8 cm³/mol. The SMILES string of the molecule is CN(C(=O)Cl)c1cc(Cl)c(Cl)c([N+](=O)[O-])c1. The minimum Gasteiger partial charge on any atom is -0.302 e. The summed E-state index contributed by atoms with van der Waals surface area (Å²) in [5.74, 6) is 0. The molecule has 0 bridgehead atoms. The van der Waals surface area contributed by atoms with Gasteiger partial charge in [0.1, 0.15) is 5.02 Å². The van der Waals surface area contributed by atoms with Crippen molar-refractivity contribution in [2.75, 3.05) is 11.9 Å². The summed E-state index contributed by atoms with van der Waals surface area (Å²) in [4.78, 5) is 21.8. The number of nitro benzene ring substituents is 1. The summed E-state index contributed by atoms with van der Waals surface area (Å²) < 4.78 is 0. The average molecular weight is 283 g/mol. The molecular formula is C8H5Cl3N2O3. The lowest BCUT2D eigenvalue weighted by Gasteiger charge is -2.13. The zero-order valence-electron chi connectivity index (χ0n) is 7.91. The van der Waals surface area contributed by atoms with E-state index in [4.69, 9.17) is 34.8 Å². The van der Waals surface area contributed by atoms with Crippen LogP contribution in [0.5, 0.6) is 0 Å². The molecule has 1 rings (SSSR count). The zero-order valence-corrected chi connectivity index (χ0v) is 10.2. The van der Waals surface area contributed by atoms with E-state index in [2.05, 4.69) is 0 Å². The van der Waals surface area contributed by atoms with Crippen LogP contribution < -0.4 is 4.90 Å². The number of carbonyl (C=O) groups excluding carboxylic acids is 1. The maximum Gasteiger partial charge on any atom is 0.320 e. The molecule has 0 saturated heterocycles. The third-order valence-electron chi connectivity index (χ3n) is 1.84. The van der Waals surface area contributed by atoms with E-state index in [1.165, 1.54) is 13.1 Å². The van der Waals surface area contributed by atoms with Gasteiger partial charge in [-0.15, -0.1) is 0 Å². The number of halogens is 3. The number of amides is 1. The fourth-order valence-electron chi connectivity index (χ4n) is 0.989. The van der Waals surface area contributed by atoms with E-state index in [1.807, 2.05) is 0 Å². The molecule has 0 aromatic heterocycles. The first-order valence-corrected chi connectivity index (χ1v) is 5.04. The predicted octanol–water partition coefficient (Wildman–Crippen LogP) is 3.70. The molecule has 0 radical (unpaired) electrons. The number of rotatable bonds is 2. The molecule has 1 amide bonds. The number of nitrogens with zero attached hydrogens (tertiary/aromatic N) is 2. The first-order valence-electron chi connectivity index (χ1n) is 3.91. The summed E-state index contributed by atoms with van der Waals surface area (Å²) in [5, 5.41) is 9.67. The Kier molecular flexibility index (Phi) is 3.96. The maximum atomic E-state index is 10.9. The lowest BCUT2D eigenvalue weighted by Crippen LogP contribution is -2.19. The minimum absolute atomic E-state index is 0.0179. The van der Waals surface area contributed by atoms with Crippen LogP contribution in [-0.4, -0.2) is 17.3 Å². The van der Waals surface area contributed by atoms with Crippen molar-refractivity contribution in [2.24, 2.45) is 0 Å². The van der Waals surface area contributed by atoms with Crippen LogP contribution in [0.15, 0.2) is 12.1 Å². The molecule has 0 fully saturated rings. The van der Waals surface area contributed by atoms with Crippen molar-refractivity contribution in [1.29, 1.82) is 0 Å². The van der Waals surface area contributed by atoms with Gasteiger partial charge in [0.25, 0.3) is 5.69 Å². The van der Waals surface area contributed by atoms with Crippen LogP contribution in [0.25, 0.3) is 0 Å².